The third-order valence-corrected chi connectivity index (χ3v) is 3.30. The molecular weight excluding hydrogens is 210 g/mol. The van der Waals surface area contributed by atoms with Gasteiger partial charge >= 0.3 is 5.97 Å². The van der Waals surface area contributed by atoms with Gasteiger partial charge in [-0.05, 0) is 0 Å². The summed E-state index contributed by atoms with van der Waals surface area (Å²) in [6, 6.07) is -0.703. The maximum Gasteiger partial charge on any atom is 0.321 e. The first kappa shape index (κ1) is 11.7. The molecule has 4 unspecified atom stereocenters. The number of thioether (sulfide) groups is 1. The van der Waals surface area contributed by atoms with Crippen LogP contribution < -0.4 is 5.32 Å². The van der Waals surface area contributed by atoms with Gasteiger partial charge in [0.2, 0.25) is 0 Å². The maximum atomic E-state index is 10.5. The molecule has 1 aliphatic heterocycles. The molecule has 0 amide bonds. The van der Waals surface area contributed by atoms with Crippen LogP contribution in [-0.4, -0.2) is 62.4 Å². The molecule has 0 bridgehead atoms. The Morgan fingerprint density at radius 2 is 2.21 bits per heavy atom. The van der Waals surface area contributed by atoms with Crippen LogP contribution in [0.5, 0.6) is 0 Å². The van der Waals surface area contributed by atoms with Gasteiger partial charge in [0.1, 0.15) is 18.2 Å². The Bertz CT molecular complexity index is 214. The summed E-state index contributed by atoms with van der Waals surface area (Å²) < 4.78 is 0. The third-order valence-electron chi connectivity index (χ3n) is 2.00. The molecule has 1 heterocycles. The first-order chi connectivity index (χ1) is 6.56. The van der Waals surface area contributed by atoms with E-state index in [-0.39, 0.29) is 0 Å². The summed E-state index contributed by atoms with van der Waals surface area (Å²) in [5.41, 5.74) is 0. The van der Waals surface area contributed by atoms with Gasteiger partial charge in [0, 0.05) is 5.75 Å². The topological polar surface area (TPSA) is 110 Å². The van der Waals surface area contributed by atoms with Gasteiger partial charge in [0.05, 0.1) is 12.0 Å². The molecule has 0 aliphatic carbocycles. The monoisotopic (exact) mass is 223 g/mol. The molecule has 82 valence electrons. The number of carboxylic acid groups (broad SMARTS) is 1. The van der Waals surface area contributed by atoms with Crippen LogP contribution in [0.1, 0.15) is 0 Å². The molecule has 1 fully saturated rings. The Labute approximate surface area is 84.9 Å². The summed E-state index contributed by atoms with van der Waals surface area (Å²) in [6.45, 7) is -0.544. The smallest absolute Gasteiger partial charge is 0.321 e. The van der Waals surface area contributed by atoms with Crippen molar-refractivity contribution in [3.05, 3.63) is 0 Å². The van der Waals surface area contributed by atoms with E-state index in [9.17, 15) is 9.90 Å². The Kier molecular flexibility index (Phi) is 4.14. The van der Waals surface area contributed by atoms with E-state index in [4.69, 9.17) is 15.3 Å². The largest absolute Gasteiger partial charge is 0.480 e. The minimum Gasteiger partial charge on any atom is -0.480 e. The predicted molar refractivity (Wildman–Crippen MR) is 49.9 cm³/mol. The number of hydrogen-bond acceptors (Lipinski definition) is 6. The third kappa shape index (κ3) is 2.58. The quantitative estimate of drug-likeness (QED) is 0.368. The number of carbonyl (C=O) groups is 1. The van der Waals surface area contributed by atoms with Crippen molar-refractivity contribution in [1.82, 2.24) is 5.32 Å². The number of rotatable bonds is 4. The minimum atomic E-state index is -1.24. The molecule has 0 radical (unpaired) electrons. The number of aliphatic carboxylic acids is 1. The maximum absolute atomic E-state index is 10.5. The van der Waals surface area contributed by atoms with E-state index in [1.165, 1.54) is 11.8 Å². The van der Waals surface area contributed by atoms with Gasteiger partial charge in [0.15, 0.2) is 0 Å². The molecule has 0 spiro atoms. The summed E-state index contributed by atoms with van der Waals surface area (Å²) in [5, 5.41) is 37.9. The normalized spacial score (nSPS) is 31.4. The van der Waals surface area contributed by atoms with Crippen molar-refractivity contribution in [1.29, 1.82) is 0 Å². The molecule has 4 atom stereocenters. The highest BCUT2D eigenvalue weighted by atomic mass is 32.2. The van der Waals surface area contributed by atoms with Crippen LogP contribution in [0.25, 0.3) is 0 Å². The van der Waals surface area contributed by atoms with Crippen LogP contribution in [0.3, 0.4) is 0 Å². The zero-order chi connectivity index (χ0) is 10.7. The second kappa shape index (κ2) is 4.94. The van der Waals surface area contributed by atoms with Crippen molar-refractivity contribution >= 4 is 17.7 Å². The fraction of sp³-hybridized carbons (Fsp3) is 0.857. The molecular formula is C7H13NO5S. The molecule has 0 aromatic rings. The number of carboxylic acids is 1. The lowest BCUT2D eigenvalue weighted by Gasteiger charge is -2.21. The SMILES string of the molecule is O=C(O)C1CSC(C(O)C(O)CO)N1. The zero-order valence-electron chi connectivity index (χ0n) is 7.33. The summed E-state index contributed by atoms with van der Waals surface area (Å²) >= 11 is 1.22. The van der Waals surface area contributed by atoms with Crippen molar-refractivity contribution in [3.63, 3.8) is 0 Å². The highest BCUT2D eigenvalue weighted by molar-refractivity contribution is 8.00. The Hall–Kier alpha value is -0.340. The molecule has 5 N–H and O–H groups in total. The van der Waals surface area contributed by atoms with E-state index < -0.39 is 36.2 Å². The van der Waals surface area contributed by atoms with Crippen LogP contribution in [0, 0.1) is 0 Å². The number of nitrogens with one attached hydrogen (secondary N) is 1. The molecule has 1 rings (SSSR count). The van der Waals surface area contributed by atoms with Crippen molar-refractivity contribution in [3.8, 4) is 0 Å². The van der Waals surface area contributed by atoms with Gasteiger partial charge in [-0.1, -0.05) is 0 Å². The van der Waals surface area contributed by atoms with Gasteiger partial charge < -0.3 is 20.4 Å². The summed E-state index contributed by atoms with van der Waals surface area (Å²) in [5.74, 6) is -0.638. The lowest BCUT2D eigenvalue weighted by Crippen LogP contribution is -2.46. The van der Waals surface area contributed by atoms with E-state index in [2.05, 4.69) is 5.32 Å². The average Bonchev–Trinajstić information content (AvgIpc) is 2.64. The number of aliphatic hydroxyl groups is 3. The molecule has 7 heteroatoms. The first-order valence-corrected chi connectivity index (χ1v) is 5.18. The van der Waals surface area contributed by atoms with E-state index in [0.29, 0.717) is 5.75 Å². The molecule has 1 saturated heterocycles. The summed E-state index contributed by atoms with van der Waals surface area (Å²) in [7, 11) is 0. The van der Waals surface area contributed by atoms with Crippen LogP contribution in [0.4, 0.5) is 0 Å². The highest BCUT2D eigenvalue weighted by Crippen LogP contribution is 2.23. The van der Waals surface area contributed by atoms with Crippen molar-refractivity contribution < 1.29 is 25.2 Å². The Balaban J connectivity index is 2.45. The molecule has 1 aliphatic rings. The van der Waals surface area contributed by atoms with Crippen LogP contribution >= 0.6 is 11.8 Å². The van der Waals surface area contributed by atoms with Crippen molar-refractivity contribution in [2.24, 2.45) is 0 Å². The zero-order valence-corrected chi connectivity index (χ0v) is 8.15. The standard InChI is InChI=1S/C7H13NO5S/c9-1-4(10)5(11)6-8-3(2-14-6)7(12)13/h3-6,8-11H,1-2H2,(H,12,13). The van der Waals surface area contributed by atoms with E-state index in [1.54, 1.807) is 0 Å². The molecule has 0 aromatic carbocycles. The second-order valence-corrected chi connectivity index (χ2v) is 4.23. The van der Waals surface area contributed by atoms with Gasteiger partial charge in [-0.15, -0.1) is 11.8 Å². The predicted octanol–water partition coefficient (Wildman–Crippen LogP) is -2.18. The van der Waals surface area contributed by atoms with Gasteiger partial charge in [-0.25, -0.2) is 0 Å². The van der Waals surface area contributed by atoms with E-state index >= 15 is 0 Å². The van der Waals surface area contributed by atoms with Gasteiger partial charge in [0.25, 0.3) is 0 Å². The van der Waals surface area contributed by atoms with Crippen molar-refractivity contribution in [2.45, 2.75) is 23.6 Å². The Morgan fingerprint density at radius 1 is 1.57 bits per heavy atom. The molecule has 0 aromatic heterocycles. The summed E-state index contributed by atoms with van der Waals surface area (Å²) in [4.78, 5) is 10.5. The molecule has 14 heavy (non-hydrogen) atoms. The van der Waals surface area contributed by atoms with E-state index in [0.717, 1.165) is 0 Å². The fourth-order valence-corrected chi connectivity index (χ4v) is 2.42. The number of aliphatic hydroxyl groups excluding tert-OH is 3. The van der Waals surface area contributed by atoms with Crippen LogP contribution in [-0.2, 0) is 4.79 Å². The molecule has 0 saturated carbocycles. The van der Waals surface area contributed by atoms with E-state index in [1.807, 2.05) is 0 Å². The highest BCUT2D eigenvalue weighted by Gasteiger charge is 2.36. The minimum absolute atomic E-state index is 0.342. The lowest BCUT2D eigenvalue weighted by molar-refractivity contribution is -0.138. The molecule has 6 nitrogen and oxygen atoms in total. The van der Waals surface area contributed by atoms with Gasteiger partial charge in [-0.2, -0.15) is 0 Å². The lowest BCUT2D eigenvalue weighted by atomic mass is 10.2. The first-order valence-electron chi connectivity index (χ1n) is 4.13. The summed E-state index contributed by atoms with van der Waals surface area (Å²) in [6.07, 6.45) is -2.40. The fourth-order valence-electron chi connectivity index (χ4n) is 1.14. The van der Waals surface area contributed by atoms with Crippen LogP contribution in [0.15, 0.2) is 0 Å². The van der Waals surface area contributed by atoms with Gasteiger partial charge in [-0.3, -0.25) is 10.1 Å². The van der Waals surface area contributed by atoms with Crippen LogP contribution in [0.2, 0.25) is 0 Å². The number of hydrogen-bond donors (Lipinski definition) is 5. The average molecular weight is 223 g/mol. The second-order valence-electron chi connectivity index (χ2n) is 3.05. The Morgan fingerprint density at radius 3 is 2.64 bits per heavy atom. The van der Waals surface area contributed by atoms with Crippen molar-refractivity contribution in [2.75, 3.05) is 12.4 Å².